The predicted octanol–water partition coefficient (Wildman–Crippen LogP) is 1.21. The topological polar surface area (TPSA) is 88.2 Å². The lowest BCUT2D eigenvalue weighted by Crippen LogP contribution is -2.30. The molecule has 1 saturated carbocycles. The molecule has 0 saturated heterocycles. The van der Waals surface area contributed by atoms with Crippen molar-refractivity contribution in [2.24, 2.45) is 0 Å². The fraction of sp³-hybridized carbons (Fsp3) is 0.583. The number of hydrogen-bond donors (Lipinski definition) is 3. The molecule has 1 aromatic rings. The van der Waals surface area contributed by atoms with Crippen molar-refractivity contribution in [2.45, 2.75) is 25.3 Å². The van der Waals surface area contributed by atoms with Crippen LogP contribution < -0.4 is 16.0 Å². The van der Waals surface area contributed by atoms with Crippen molar-refractivity contribution in [3.05, 3.63) is 12.1 Å². The van der Waals surface area contributed by atoms with Crippen LogP contribution in [-0.2, 0) is 4.74 Å². The monoisotopic (exact) mass is 265 g/mol. The summed E-state index contributed by atoms with van der Waals surface area (Å²) in [4.78, 5) is 11.5. The maximum absolute atomic E-state index is 11.5. The second-order valence-electron chi connectivity index (χ2n) is 4.45. The number of nitrogens with zero attached hydrogens (tertiary/aromatic N) is 2. The molecule has 0 aliphatic heterocycles. The van der Waals surface area contributed by atoms with Gasteiger partial charge in [0.1, 0.15) is 5.82 Å². The highest BCUT2D eigenvalue weighted by molar-refractivity contribution is 5.88. The molecule has 3 N–H and O–H groups in total. The Hall–Kier alpha value is -1.89. The van der Waals surface area contributed by atoms with E-state index in [1.165, 1.54) is 0 Å². The number of carbonyl (C=O) groups is 1. The Bertz CT molecular complexity index is 405. The van der Waals surface area contributed by atoms with E-state index < -0.39 is 0 Å². The van der Waals surface area contributed by atoms with Crippen LogP contribution in [0, 0.1) is 0 Å². The number of urea groups is 1. The molecule has 1 fully saturated rings. The highest BCUT2D eigenvalue weighted by Crippen LogP contribution is 2.18. The second-order valence-corrected chi connectivity index (χ2v) is 4.45. The molecule has 1 aliphatic rings. The molecule has 0 atom stereocenters. The Kier molecular flexibility index (Phi) is 4.91. The van der Waals surface area contributed by atoms with Crippen LogP contribution in [0.5, 0.6) is 0 Å². The van der Waals surface area contributed by atoms with Crippen LogP contribution in [-0.4, -0.2) is 42.5 Å². The van der Waals surface area contributed by atoms with Crippen molar-refractivity contribution in [3.63, 3.8) is 0 Å². The van der Waals surface area contributed by atoms with Crippen molar-refractivity contribution in [1.82, 2.24) is 15.5 Å². The average Bonchev–Trinajstić information content (AvgIpc) is 3.20. The summed E-state index contributed by atoms with van der Waals surface area (Å²) < 4.78 is 4.95. The Balaban J connectivity index is 1.72. The molecule has 19 heavy (non-hydrogen) atoms. The minimum atomic E-state index is -0.224. The zero-order valence-electron chi connectivity index (χ0n) is 11.0. The summed E-state index contributed by atoms with van der Waals surface area (Å²) in [6.07, 6.45) is 3.02. The van der Waals surface area contributed by atoms with E-state index in [2.05, 4.69) is 26.1 Å². The Morgan fingerprint density at radius 2 is 2.11 bits per heavy atom. The van der Waals surface area contributed by atoms with E-state index in [9.17, 15) is 4.79 Å². The molecule has 0 bridgehead atoms. The lowest BCUT2D eigenvalue weighted by molar-refractivity contribution is 0.197. The highest BCUT2D eigenvalue weighted by atomic mass is 16.5. The largest absolute Gasteiger partial charge is 0.385 e. The number of aromatic nitrogens is 2. The zero-order valence-corrected chi connectivity index (χ0v) is 11.0. The third-order valence-electron chi connectivity index (χ3n) is 2.65. The third-order valence-corrected chi connectivity index (χ3v) is 2.65. The van der Waals surface area contributed by atoms with Crippen molar-refractivity contribution in [2.75, 3.05) is 30.9 Å². The molecular weight excluding hydrogens is 246 g/mol. The van der Waals surface area contributed by atoms with Crippen LogP contribution in [0.25, 0.3) is 0 Å². The molecule has 1 heterocycles. The molecule has 2 rings (SSSR count). The van der Waals surface area contributed by atoms with Crippen molar-refractivity contribution >= 4 is 17.7 Å². The van der Waals surface area contributed by atoms with Gasteiger partial charge in [-0.1, -0.05) is 0 Å². The summed E-state index contributed by atoms with van der Waals surface area (Å²) in [5.41, 5.74) is 0. The van der Waals surface area contributed by atoms with E-state index in [1.54, 1.807) is 19.2 Å². The molecule has 0 unspecified atom stereocenters. The number of anilines is 2. The first kappa shape index (κ1) is 13.5. The summed E-state index contributed by atoms with van der Waals surface area (Å²) in [7, 11) is 1.67. The first-order chi connectivity index (χ1) is 9.28. The summed E-state index contributed by atoms with van der Waals surface area (Å²) in [5, 5.41) is 16.5. The van der Waals surface area contributed by atoms with Gasteiger partial charge >= 0.3 is 6.03 Å². The van der Waals surface area contributed by atoms with Gasteiger partial charge in [0.2, 0.25) is 0 Å². The molecule has 0 radical (unpaired) electrons. The van der Waals surface area contributed by atoms with Gasteiger partial charge in [-0.05, 0) is 31.4 Å². The van der Waals surface area contributed by atoms with E-state index in [0.717, 1.165) is 25.8 Å². The van der Waals surface area contributed by atoms with Gasteiger partial charge in [-0.25, -0.2) is 4.79 Å². The Labute approximate surface area is 112 Å². The number of methoxy groups -OCH3 is 1. The Morgan fingerprint density at radius 3 is 2.74 bits per heavy atom. The molecule has 1 aromatic heterocycles. The van der Waals surface area contributed by atoms with E-state index in [1.807, 2.05) is 0 Å². The van der Waals surface area contributed by atoms with E-state index in [-0.39, 0.29) is 6.03 Å². The number of carbonyl (C=O) groups excluding carboxylic acids is 1. The fourth-order valence-corrected chi connectivity index (χ4v) is 1.49. The van der Waals surface area contributed by atoms with Gasteiger partial charge in [0.15, 0.2) is 5.82 Å². The van der Waals surface area contributed by atoms with Gasteiger partial charge in [-0.3, -0.25) is 5.32 Å². The number of hydrogen-bond acceptors (Lipinski definition) is 5. The van der Waals surface area contributed by atoms with Gasteiger partial charge in [0.05, 0.1) is 0 Å². The van der Waals surface area contributed by atoms with E-state index >= 15 is 0 Å². The highest BCUT2D eigenvalue weighted by Gasteiger charge is 2.23. The first-order valence-electron chi connectivity index (χ1n) is 6.42. The first-order valence-corrected chi connectivity index (χ1v) is 6.42. The average molecular weight is 265 g/mol. The third kappa shape index (κ3) is 5.09. The molecule has 104 valence electrons. The van der Waals surface area contributed by atoms with Crippen LogP contribution in [0.3, 0.4) is 0 Å². The van der Waals surface area contributed by atoms with Gasteiger partial charge in [-0.2, -0.15) is 0 Å². The fourth-order valence-electron chi connectivity index (χ4n) is 1.49. The second kappa shape index (κ2) is 6.89. The zero-order chi connectivity index (χ0) is 13.5. The number of amides is 2. The van der Waals surface area contributed by atoms with Crippen LogP contribution in [0.15, 0.2) is 12.1 Å². The van der Waals surface area contributed by atoms with Gasteiger partial charge in [-0.15, -0.1) is 10.2 Å². The van der Waals surface area contributed by atoms with Gasteiger partial charge in [0, 0.05) is 26.3 Å². The lowest BCUT2D eigenvalue weighted by Gasteiger charge is -2.07. The lowest BCUT2D eigenvalue weighted by atomic mass is 10.4. The van der Waals surface area contributed by atoms with Crippen LogP contribution in [0.2, 0.25) is 0 Å². The van der Waals surface area contributed by atoms with E-state index in [0.29, 0.717) is 24.3 Å². The predicted molar refractivity (Wildman–Crippen MR) is 72.2 cm³/mol. The molecular formula is C12H19N5O2. The molecule has 7 heteroatoms. The van der Waals surface area contributed by atoms with Gasteiger partial charge in [0.25, 0.3) is 0 Å². The normalized spacial score (nSPS) is 13.9. The molecule has 7 nitrogen and oxygen atoms in total. The number of rotatable bonds is 7. The minimum Gasteiger partial charge on any atom is -0.385 e. The molecule has 0 spiro atoms. The SMILES string of the molecule is COCCCNc1ccc(NC(=O)NC2CC2)nn1. The van der Waals surface area contributed by atoms with Crippen molar-refractivity contribution in [3.8, 4) is 0 Å². The van der Waals surface area contributed by atoms with E-state index in [4.69, 9.17) is 4.74 Å². The van der Waals surface area contributed by atoms with Crippen LogP contribution >= 0.6 is 0 Å². The smallest absolute Gasteiger partial charge is 0.320 e. The number of nitrogens with one attached hydrogen (secondary N) is 3. The summed E-state index contributed by atoms with van der Waals surface area (Å²) in [6, 6.07) is 3.61. The standard InChI is InChI=1S/C12H19N5O2/c1-19-8-2-7-13-10-5-6-11(17-16-10)15-12(18)14-9-3-4-9/h5-6,9H,2-4,7-8H2,1H3,(H,13,16)(H2,14,15,17,18). The summed E-state index contributed by atoms with van der Waals surface area (Å²) in [6.45, 7) is 1.48. The maximum atomic E-state index is 11.5. The molecule has 2 amide bonds. The maximum Gasteiger partial charge on any atom is 0.320 e. The Morgan fingerprint density at radius 1 is 1.37 bits per heavy atom. The van der Waals surface area contributed by atoms with Crippen molar-refractivity contribution < 1.29 is 9.53 Å². The minimum absolute atomic E-state index is 0.224. The number of ether oxygens (including phenoxy) is 1. The molecule has 1 aliphatic carbocycles. The van der Waals surface area contributed by atoms with Crippen LogP contribution in [0.4, 0.5) is 16.4 Å². The molecule has 0 aromatic carbocycles. The van der Waals surface area contributed by atoms with Gasteiger partial charge < -0.3 is 15.4 Å². The summed E-state index contributed by atoms with van der Waals surface area (Å²) >= 11 is 0. The summed E-state index contributed by atoms with van der Waals surface area (Å²) in [5.74, 6) is 1.13. The van der Waals surface area contributed by atoms with Crippen LogP contribution in [0.1, 0.15) is 19.3 Å². The van der Waals surface area contributed by atoms with Crippen molar-refractivity contribution in [1.29, 1.82) is 0 Å². The quantitative estimate of drug-likeness (QED) is 0.645.